The second kappa shape index (κ2) is 9.57. The number of hydrogen-bond donors (Lipinski definition) is 3. The molecule has 3 aromatic rings. The zero-order valence-electron chi connectivity index (χ0n) is 18.8. The van der Waals surface area contributed by atoms with Crippen molar-refractivity contribution in [2.24, 2.45) is 5.92 Å². The van der Waals surface area contributed by atoms with Gasteiger partial charge in [0.1, 0.15) is 6.61 Å². The number of nitrogens with zero attached hydrogens (tertiary/aromatic N) is 2. The van der Waals surface area contributed by atoms with Crippen LogP contribution in [0.1, 0.15) is 53.2 Å². The van der Waals surface area contributed by atoms with Crippen LogP contribution in [0.15, 0.2) is 53.2 Å². The number of hydrogen-bond acceptors (Lipinski definition) is 7. The van der Waals surface area contributed by atoms with Gasteiger partial charge in [0.15, 0.2) is 0 Å². The van der Waals surface area contributed by atoms with Gasteiger partial charge in [-0.25, -0.2) is 9.42 Å². The van der Waals surface area contributed by atoms with Gasteiger partial charge in [-0.15, -0.1) is 0 Å². The smallest absolute Gasteiger partial charge is 0.412 e. The van der Waals surface area contributed by atoms with Gasteiger partial charge in [-0.1, -0.05) is 48.5 Å². The van der Waals surface area contributed by atoms with E-state index in [4.69, 9.17) is 9.84 Å². The number of carbonyl (C=O) groups is 3. The molecule has 35 heavy (non-hydrogen) atoms. The SMILES string of the molecule is O=C(O)CC1CCC(NC(=O)c2nonc2NC(=O)OCC2c3ccccc3-c3ccccc32)C1. The summed E-state index contributed by atoms with van der Waals surface area (Å²) in [6, 6.07) is 15.8. The van der Waals surface area contributed by atoms with Crippen LogP contribution >= 0.6 is 0 Å². The number of ether oxygens (including phenoxy) is 1. The quantitative estimate of drug-likeness (QED) is 0.467. The van der Waals surface area contributed by atoms with Gasteiger partial charge >= 0.3 is 12.1 Å². The molecule has 5 rings (SSSR count). The number of rotatable bonds is 7. The molecule has 0 saturated heterocycles. The van der Waals surface area contributed by atoms with E-state index in [1.54, 1.807) is 0 Å². The lowest BCUT2D eigenvalue weighted by atomic mass is 9.98. The summed E-state index contributed by atoms with van der Waals surface area (Å²) in [7, 11) is 0. The third-order valence-electron chi connectivity index (χ3n) is 6.61. The summed E-state index contributed by atoms with van der Waals surface area (Å²) >= 11 is 0. The summed E-state index contributed by atoms with van der Waals surface area (Å²) < 4.78 is 10.2. The van der Waals surface area contributed by atoms with Crippen LogP contribution in [0.25, 0.3) is 11.1 Å². The molecule has 1 heterocycles. The van der Waals surface area contributed by atoms with Crippen LogP contribution < -0.4 is 10.6 Å². The largest absolute Gasteiger partial charge is 0.481 e. The monoisotopic (exact) mass is 476 g/mol. The Morgan fingerprint density at radius 3 is 2.37 bits per heavy atom. The van der Waals surface area contributed by atoms with Gasteiger partial charge in [-0.3, -0.25) is 14.9 Å². The summed E-state index contributed by atoms with van der Waals surface area (Å²) in [5, 5.41) is 21.4. The Labute approximate surface area is 200 Å². The van der Waals surface area contributed by atoms with Crippen molar-refractivity contribution in [3.8, 4) is 11.1 Å². The van der Waals surface area contributed by atoms with Gasteiger partial charge in [0.05, 0.1) is 0 Å². The van der Waals surface area contributed by atoms with E-state index in [9.17, 15) is 14.4 Å². The second-order valence-corrected chi connectivity index (χ2v) is 8.86. The highest BCUT2D eigenvalue weighted by Gasteiger charge is 2.31. The Bertz CT molecular complexity index is 1230. The Balaban J connectivity index is 1.19. The predicted octanol–water partition coefficient (Wildman–Crippen LogP) is 3.80. The number of anilines is 1. The minimum atomic E-state index is -0.850. The molecule has 0 spiro atoms. The average molecular weight is 476 g/mol. The first-order valence-electron chi connectivity index (χ1n) is 11.5. The Hall–Kier alpha value is -4.21. The highest BCUT2D eigenvalue weighted by atomic mass is 16.6. The van der Waals surface area contributed by atoms with Crippen molar-refractivity contribution < 1.29 is 28.9 Å². The maximum Gasteiger partial charge on any atom is 0.412 e. The van der Waals surface area contributed by atoms with Crippen molar-refractivity contribution in [2.45, 2.75) is 37.6 Å². The first-order valence-corrected chi connectivity index (χ1v) is 11.5. The lowest BCUT2D eigenvalue weighted by Gasteiger charge is -2.14. The van der Waals surface area contributed by atoms with E-state index in [-0.39, 0.29) is 42.4 Å². The van der Waals surface area contributed by atoms with E-state index in [2.05, 4.69) is 37.7 Å². The number of aliphatic carboxylic acids is 1. The normalized spacial score (nSPS) is 18.5. The molecule has 0 bridgehead atoms. The molecule has 1 fully saturated rings. The topological polar surface area (TPSA) is 144 Å². The molecule has 2 aromatic carbocycles. The minimum Gasteiger partial charge on any atom is -0.481 e. The summed E-state index contributed by atoms with van der Waals surface area (Å²) in [4.78, 5) is 36.1. The average Bonchev–Trinajstić information content (AvgIpc) is 3.55. The van der Waals surface area contributed by atoms with E-state index in [1.165, 1.54) is 0 Å². The molecule has 10 heteroatoms. The molecule has 180 valence electrons. The molecular formula is C25H24N4O6. The summed E-state index contributed by atoms with van der Waals surface area (Å²) in [6.07, 6.45) is 1.26. The molecule has 10 nitrogen and oxygen atoms in total. The molecule has 2 aliphatic rings. The molecule has 2 amide bonds. The summed E-state index contributed by atoms with van der Waals surface area (Å²) in [5.41, 5.74) is 4.24. The molecule has 1 saturated carbocycles. The number of amides is 2. The van der Waals surface area contributed by atoms with E-state index in [0.29, 0.717) is 12.8 Å². The molecule has 0 radical (unpaired) electrons. The van der Waals surface area contributed by atoms with Crippen LogP contribution in [-0.2, 0) is 9.53 Å². The van der Waals surface area contributed by atoms with Gasteiger partial charge in [-0.2, -0.15) is 0 Å². The first-order chi connectivity index (χ1) is 17.0. The summed E-state index contributed by atoms with van der Waals surface area (Å²) in [6.45, 7) is 0.111. The number of nitrogens with one attached hydrogen (secondary N) is 2. The first kappa shape index (κ1) is 22.6. The Morgan fingerprint density at radius 2 is 1.69 bits per heavy atom. The van der Waals surface area contributed by atoms with Gasteiger partial charge in [0, 0.05) is 18.4 Å². The van der Waals surface area contributed by atoms with E-state index in [0.717, 1.165) is 28.7 Å². The molecule has 2 aliphatic carbocycles. The lowest BCUT2D eigenvalue weighted by Crippen LogP contribution is -2.34. The van der Waals surface area contributed by atoms with Crippen molar-refractivity contribution in [3.63, 3.8) is 0 Å². The molecule has 0 aliphatic heterocycles. The van der Waals surface area contributed by atoms with E-state index < -0.39 is 18.0 Å². The van der Waals surface area contributed by atoms with Crippen LogP contribution in [0.3, 0.4) is 0 Å². The number of benzene rings is 2. The van der Waals surface area contributed by atoms with E-state index >= 15 is 0 Å². The second-order valence-electron chi connectivity index (χ2n) is 8.86. The standard InChI is InChI=1S/C25H24N4O6/c30-21(31)12-14-9-10-15(11-14)26-24(32)22-23(29-35-28-22)27-25(33)34-13-20-18-7-3-1-5-16(18)17-6-2-4-8-19(17)20/h1-8,14-15,20H,9-13H2,(H,26,32)(H,30,31)(H,27,29,33). The van der Waals surface area contributed by atoms with Crippen LogP contribution in [-0.4, -0.2) is 46.0 Å². The molecule has 3 N–H and O–H groups in total. The van der Waals surface area contributed by atoms with Crippen molar-refractivity contribution in [1.82, 2.24) is 15.6 Å². The van der Waals surface area contributed by atoms with Crippen molar-refractivity contribution >= 4 is 23.8 Å². The van der Waals surface area contributed by atoms with Crippen LogP contribution in [0.4, 0.5) is 10.6 Å². The zero-order valence-corrected chi connectivity index (χ0v) is 18.8. The Kier molecular flexibility index (Phi) is 6.17. The summed E-state index contributed by atoms with van der Waals surface area (Å²) in [5.74, 6) is -1.63. The molecule has 2 atom stereocenters. The van der Waals surface area contributed by atoms with Crippen molar-refractivity contribution in [3.05, 3.63) is 65.4 Å². The number of aromatic nitrogens is 2. The maximum atomic E-state index is 12.7. The number of carboxylic acid groups (broad SMARTS) is 1. The lowest BCUT2D eigenvalue weighted by molar-refractivity contribution is -0.138. The van der Waals surface area contributed by atoms with Gasteiger partial charge in [0.25, 0.3) is 5.91 Å². The third-order valence-corrected chi connectivity index (χ3v) is 6.61. The molecule has 2 unspecified atom stereocenters. The highest BCUT2D eigenvalue weighted by molar-refractivity contribution is 5.99. The van der Waals surface area contributed by atoms with E-state index in [1.807, 2.05) is 36.4 Å². The Morgan fingerprint density at radius 1 is 1.00 bits per heavy atom. The fraction of sp³-hybridized carbons (Fsp3) is 0.320. The van der Waals surface area contributed by atoms with Crippen LogP contribution in [0.2, 0.25) is 0 Å². The van der Waals surface area contributed by atoms with Gasteiger partial charge in [-0.05, 0) is 57.7 Å². The number of carbonyl (C=O) groups excluding carboxylic acids is 2. The zero-order chi connectivity index (χ0) is 24.4. The van der Waals surface area contributed by atoms with Gasteiger partial charge < -0.3 is 15.2 Å². The third kappa shape index (κ3) is 4.72. The van der Waals surface area contributed by atoms with Crippen LogP contribution in [0, 0.1) is 5.92 Å². The number of carboxylic acids is 1. The fourth-order valence-electron chi connectivity index (χ4n) is 5.04. The fourth-order valence-corrected chi connectivity index (χ4v) is 5.04. The van der Waals surface area contributed by atoms with Crippen LogP contribution in [0.5, 0.6) is 0 Å². The van der Waals surface area contributed by atoms with Crippen molar-refractivity contribution in [2.75, 3.05) is 11.9 Å². The van der Waals surface area contributed by atoms with Gasteiger partial charge in [0.2, 0.25) is 11.5 Å². The predicted molar refractivity (Wildman–Crippen MR) is 124 cm³/mol. The molecule has 1 aromatic heterocycles. The molecular weight excluding hydrogens is 452 g/mol. The minimum absolute atomic E-state index is 0.0201. The highest BCUT2D eigenvalue weighted by Crippen LogP contribution is 2.44. The number of fused-ring (bicyclic) bond motifs is 3. The maximum absolute atomic E-state index is 12.7. The van der Waals surface area contributed by atoms with Crippen molar-refractivity contribution in [1.29, 1.82) is 0 Å².